The predicted molar refractivity (Wildman–Crippen MR) is 46.5 cm³/mol. The van der Waals surface area contributed by atoms with E-state index in [1.807, 2.05) is 0 Å². The van der Waals surface area contributed by atoms with Crippen molar-refractivity contribution >= 4 is 0 Å². The summed E-state index contributed by atoms with van der Waals surface area (Å²) in [7, 11) is 1.50. The van der Waals surface area contributed by atoms with E-state index in [9.17, 15) is 0 Å². The molecule has 0 radical (unpaired) electrons. The summed E-state index contributed by atoms with van der Waals surface area (Å²) in [5.74, 6) is 0. The van der Waals surface area contributed by atoms with Crippen molar-refractivity contribution in [3.63, 3.8) is 0 Å². The molecule has 2 N–H and O–H groups in total. The summed E-state index contributed by atoms with van der Waals surface area (Å²) in [6.45, 7) is 10.2. The minimum absolute atomic E-state index is 0. The van der Waals surface area contributed by atoms with Crippen LogP contribution in [0.5, 0.6) is 0 Å². The molecule has 0 bridgehead atoms. The number of nitriles is 1. The molecule has 0 unspecified atom stereocenters. The Bertz CT molecular complexity index is 73.1. The van der Waals surface area contributed by atoms with Crippen LogP contribution >= 0.6 is 0 Å². The average molecular weight is 184 g/mol. The summed E-state index contributed by atoms with van der Waals surface area (Å²) < 4.78 is 0. The minimum Gasteiger partial charge on any atom is -0.333 e. The van der Waals surface area contributed by atoms with E-state index in [2.05, 4.69) is 33.4 Å². The molecule has 0 heterocycles. The van der Waals surface area contributed by atoms with Crippen LogP contribution in [0.2, 0.25) is 0 Å². The first kappa shape index (κ1) is 22.6. The molecule has 11 heavy (non-hydrogen) atoms. The van der Waals surface area contributed by atoms with Crippen molar-refractivity contribution in [2.24, 2.45) is 11.1 Å². The van der Waals surface area contributed by atoms with E-state index in [0.29, 0.717) is 5.41 Å². The Morgan fingerprint density at radius 1 is 1.09 bits per heavy atom. The second kappa shape index (κ2) is 17.0. The van der Waals surface area contributed by atoms with E-state index in [1.54, 1.807) is 6.07 Å². The molecule has 0 aromatic carbocycles. The zero-order valence-electron chi connectivity index (χ0n) is 8.38. The van der Waals surface area contributed by atoms with Gasteiger partial charge in [0, 0.05) is 44.7 Å². The second-order valence-corrected chi connectivity index (χ2v) is 3.22. The number of nitrogens with zero attached hydrogens (tertiary/aromatic N) is 1. The van der Waals surface area contributed by atoms with E-state index in [1.165, 1.54) is 14.0 Å². The van der Waals surface area contributed by atoms with Crippen LogP contribution in [-0.2, 0) is 0 Å². The number of hydrogen-bond donors (Lipinski definition) is 1. The van der Waals surface area contributed by atoms with Gasteiger partial charge in [-0.25, -0.2) is 0 Å². The van der Waals surface area contributed by atoms with Crippen molar-refractivity contribution in [3.05, 3.63) is 0 Å². The third-order valence-electron chi connectivity index (χ3n) is 0. The Hall–Kier alpha value is 0.710. The first-order valence-electron chi connectivity index (χ1n) is 3.30. The Balaban J connectivity index is -0.0000000360. The first-order valence-corrected chi connectivity index (χ1v) is 3.30. The largest absolute Gasteiger partial charge is 0.333 e. The molecule has 0 fully saturated rings. The fraction of sp³-hybridized carbons (Fsp3) is 0.875. The third-order valence-corrected chi connectivity index (χ3v) is 0. The number of rotatable bonds is 0. The molecule has 0 amide bonds. The molecule has 3 heteroatoms. The maximum atomic E-state index is 7.32. The normalized spacial score (nSPS) is 6.73. The Morgan fingerprint density at radius 2 is 1.09 bits per heavy atom. The van der Waals surface area contributed by atoms with Gasteiger partial charge in [0.25, 0.3) is 0 Å². The van der Waals surface area contributed by atoms with Gasteiger partial charge in [-0.05, 0) is 12.5 Å². The molecule has 0 spiro atoms. The summed E-state index contributed by atoms with van der Waals surface area (Å²) in [4.78, 5) is 0. The number of hydrogen-bond acceptors (Lipinski definition) is 2. The molecule has 2 nitrogen and oxygen atoms in total. The van der Waals surface area contributed by atoms with E-state index in [-0.39, 0.29) is 37.7 Å². The second-order valence-electron chi connectivity index (χ2n) is 3.22. The quantitative estimate of drug-likeness (QED) is 0.627. The van der Waals surface area contributed by atoms with Gasteiger partial charge in [0.15, 0.2) is 0 Å². The van der Waals surface area contributed by atoms with Crippen molar-refractivity contribution < 1.29 is 37.7 Å². The molecule has 0 atom stereocenters. The van der Waals surface area contributed by atoms with Gasteiger partial charge < -0.3 is 5.73 Å². The third kappa shape index (κ3) is 1610. The Labute approximate surface area is 101 Å². The molecule has 0 aliphatic carbocycles. The zero-order valence-corrected chi connectivity index (χ0v) is 9.09. The summed E-state index contributed by atoms with van der Waals surface area (Å²) >= 11 is 0. The van der Waals surface area contributed by atoms with Crippen LogP contribution in [0, 0.1) is 54.5 Å². The molecule has 0 aliphatic rings. The van der Waals surface area contributed by atoms with Gasteiger partial charge in [0.1, 0.15) is 0 Å². The summed E-state index contributed by atoms with van der Waals surface area (Å²) in [5.41, 5.74) is 5.00. The molecule has 0 saturated heterocycles. The van der Waals surface area contributed by atoms with E-state index in [0.717, 1.165) is 0 Å². The van der Waals surface area contributed by atoms with Crippen LogP contribution in [0.3, 0.4) is 0 Å². The SMILES string of the molecule is CC#N.CC(C)(C)C.CN.[Ar]. The van der Waals surface area contributed by atoms with Crippen LogP contribution in [-0.4, -0.2) is 7.05 Å². The smallest absolute Gasteiger partial charge is 0.0587 e. The summed E-state index contributed by atoms with van der Waals surface area (Å²) in [5, 5.41) is 7.32. The van der Waals surface area contributed by atoms with Crippen LogP contribution in [0.15, 0.2) is 0 Å². The van der Waals surface area contributed by atoms with Crippen molar-refractivity contribution in [1.82, 2.24) is 0 Å². The molecule has 0 aliphatic heterocycles. The minimum atomic E-state index is 0. The Morgan fingerprint density at radius 3 is 1.09 bits per heavy atom. The number of nitrogens with two attached hydrogens (primary N) is 1. The monoisotopic (exact) mass is 184 g/mol. The van der Waals surface area contributed by atoms with Gasteiger partial charge in [0.05, 0.1) is 6.07 Å². The van der Waals surface area contributed by atoms with Crippen molar-refractivity contribution in [2.75, 3.05) is 7.05 Å². The van der Waals surface area contributed by atoms with Crippen LogP contribution in [0.4, 0.5) is 0 Å². The van der Waals surface area contributed by atoms with Crippen molar-refractivity contribution in [2.45, 2.75) is 34.6 Å². The van der Waals surface area contributed by atoms with Crippen LogP contribution in [0.25, 0.3) is 0 Å². The standard InChI is InChI=1S/C5H12.C2H3N.CH5N.Ar/c1-5(2,3)4;1-2-3;1-2;/h1-4H3;1H3;2H2,1H3;. The van der Waals surface area contributed by atoms with Crippen LogP contribution < -0.4 is 5.73 Å². The summed E-state index contributed by atoms with van der Waals surface area (Å²) in [6, 6.07) is 1.75. The fourth-order valence-electron chi connectivity index (χ4n) is 0. The molecular formula is C8H20ArN2. The molecule has 0 aromatic rings. The van der Waals surface area contributed by atoms with Gasteiger partial charge in [-0.3, -0.25) is 0 Å². The summed E-state index contributed by atoms with van der Waals surface area (Å²) in [6.07, 6.45) is 0. The fourth-order valence-corrected chi connectivity index (χ4v) is 0. The Kier molecular flexibility index (Phi) is 34.9. The van der Waals surface area contributed by atoms with E-state index >= 15 is 0 Å². The topological polar surface area (TPSA) is 49.8 Å². The first-order chi connectivity index (χ1) is 4.41. The maximum Gasteiger partial charge on any atom is 0.0587 e. The molecule has 70 valence electrons. The molecule has 0 aromatic heterocycles. The predicted octanol–water partition coefficient (Wildman–Crippen LogP) is 2.16. The molecular weight excluding hydrogens is 164 g/mol. The maximum absolute atomic E-state index is 7.32. The van der Waals surface area contributed by atoms with Crippen molar-refractivity contribution in [1.29, 1.82) is 5.26 Å². The van der Waals surface area contributed by atoms with Gasteiger partial charge in [-0.1, -0.05) is 27.7 Å². The van der Waals surface area contributed by atoms with Gasteiger partial charge in [-0.2, -0.15) is 5.26 Å². The average Bonchev–Trinajstić information content (AvgIpc) is 1.68. The van der Waals surface area contributed by atoms with E-state index < -0.39 is 0 Å². The van der Waals surface area contributed by atoms with Gasteiger partial charge >= 0.3 is 0 Å². The van der Waals surface area contributed by atoms with Gasteiger partial charge in [-0.15, -0.1) is 0 Å². The van der Waals surface area contributed by atoms with Crippen LogP contribution in [0.1, 0.15) is 34.6 Å². The van der Waals surface area contributed by atoms with Gasteiger partial charge in [0.2, 0.25) is 0 Å². The zero-order chi connectivity index (χ0) is 9.21. The molecule has 0 rings (SSSR count). The molecule has 0 saturated carbocycles. The van der Waals surface area contributed by atoms with Crippen molar-refractivity contribution in [3.8, 4) is 6.07 Å². The van der Waals surface area contributed by atoms with E-state index in [4.69, 9.17) is 5.26 Å².